The molecule has 1 aliphatic heterocycles. The van der Waals surface area contributed by atoms with E-state index >= 15 is 0 Å². The average molecular weight is 247 g/mol. The monoisotopic (exact) mass is 247 g/mol. The highest BCUT2D eigenvalue weighted by atomic mass is 16.2. The number of carbonyl (C=O) groups excluding carboxylic acids is 2. The molecule has 0 saturated carbocycles. The van der Waals surface area contributed by atoms with Crippen LogP contribution in [0.3, 0.4) is 0 Å². The van der Waals surface area contributed by atoms with Crippen LogP contribution < -0.4 is 10.3 Å². The summed E-state index contributed by atoms with van der Waals surface area (Å²) in [4.78, 5) is 25.1. The van der Waals surface area contributed by atoms with Crippen LogP contribution in [0.15, 0.2) is 24.3 Å². The second kappa shape index (κ2) is 5.18. The molecule has 2 amide bonds. The topological polar surface area (TPSA) is 52.7 Å². The van der Waals surface area contributed by atoms with Gasteiger partial charge in [0.05, 0.1) is 0 Å². The zero-order chi connectivity index (χ0) is 13.1. The number of anilines is 1. The van der Waals surface area contributed by atoms with Crippen molar-refractivity contribution in [1.82, 2.24) is 10.4 Å². The van der Waals surface area contributed by atoms with Gasteiger partial charge in [-0.25, -0.2) is 5.01 Å². The van der Waals surface area contributed by atoms with Crippen LogP contribution in [0.4, 0.5) is 5.69 Å². The van der Waals surface area contributed by atoms with Gasteiger partial charge in [0, 0.05) is 38.3 Å². The first kappa shape index (κ1) is 12.6. The maximum atomic E-state index is 11.7. The lowest BCUT2D eigenvalue weighted by atomic mass is 10.2. The number of hydrogen-bond donors (Lipinski definition) is 1. The van der Waals surface area contributed by atoms with Crippen molar-refractivity contribution in [2.75, 3.05) is 25.5 Å². The normalized spacial score (nSPS) is 15.3. The number of hydrogen-bond acceptors (Lipinski definition) is 3. The molecule has 5 heteroatoms. The summed E-state index contributed by atoms with van der Waals surface area (Å²) in [6.45, 7) is 0.766. The Morgan fingerprint density at radius 1 is 1.28 bits per heavy atom. The van der Waals surface area contributed by atoms with E-state index < -0.39 is 0 Å². The molecule has 18 heavy (non-hydrogen) atoms. The third-order valence-electron chi connectivity index (χ3n) is 2.84. The van der Waals surface area contributed by atoms with Gasteiger partial charge in [-0.15, -0.1) is 0 Å². The van der Waals surface area contributed by atoms with Crippen molar-refractivity contribution >= 4 is 17.5 Å². The predicted octanol–water partition coefficient (Wildman–Crippen LogP) is 1.02. The van der Waals surface area contributed by atoms with Crippen molar-refractivity contribution in [1.29, 1.82) is 0 Å². The molecule has 5 nitrogen and oxygen atoms in total. The molecule has 1 aromatic rings. The highest BCUT2D eigenvalue weighted by Gasteiger charge is 2.21. The SMILES string of the molecule is CN(C)NC(=O)c1ccc(N2CCCC2=O)cc1. The van der Waals surface area contributed by atoms with Gasteiger partial charge in [-0.1, -0.05) is 0 Å². The number of benzene rings is 1. The van der Waals surface area contributed by atoms with Crippen LogP contribution >= 0.6 is 0 Å². The third-order valence-corrected chi connectivity index (χ3v) is 2.84. The maximum Gasteiger partial charge on any atom is 0.265 e. The van der Waals surface area contributed by atoms with Crippen LogP contribution in [-0.4, -0.2) is 37.5 Å². The Morgan fingerprint density at radius 2 is 1.94 bits per heavy atom. The van der Waals surface area contributed by atoms with Gasteiger partial charge in [0.1, 0.15) is 0 Å². The quantitative estimate of drug-likeness (QED) is 0.811. The van der Waals surface area contributed by atoms with Gasteiger partial charge in [-0.3, -0.25) is 15.0 Å². The fraction of sp³-hybridized carbons (Fsp3) is 0.385. The van der Waals surface area contributed by atoms with Gasteiger partial charge >= 0.3 is 0 Å². The van der Waals surface area contributed by atoms with E-state index in [1.807, 2.05) is 12.1 Å². The van der Waals surface area contributed by atoms with Crippen LogP contribution in [0.5, 0.6) is 0 Å². The molecule has 0 atom stereocenters. The Kier molecular flexibility index (Phi) is 3.62. The molecule has 1 fully saturated rings. The van der Waals surface area contributed by atoms with Gasteiger partial charge in [0.15, 0.2) is 0 Å². The molecule has 96 valence electrons. The lowest BCUT2D eigenvalue weighted by Crippen LogP contribution is -2.36. The predicted molar refractivity (Wildman–Crippen MR) is 69.2 cm³/mol. The van der Waals surface area contributed by atoms with Gasteiger partial charge in [0.25, 0.3) is 5.91 Å². The summed E-state index contributed by atoms with van der Waals surface area (Å²) in [5, 5.41) is 1.60. The zero-order valence-electron chi connectivity index (χ0n) is 10.6. The molecule has 0 unspecified atom stereocenters. The zero-order valence-corrected chi connectivity index (χ0v) is 10.6. The van der Waals surface area contributed by atoms with Crippen molar-refractivity contribution in [2.45, 2.75) is 12.8 Å². The molecular weight excluding hydrogens is 230 g/mol. The van der Waals surface area contributed by atoms with Crippen molar-refractivity contribution in [2.24, 2.45) is 0 Å². The van der Waals surface area contributed by atoms with E-state index in [9.17, 15) is 9.59 Å². The molecule has 1 heterocycles. The molecule has 0 aliphatic carbocycles. The molecule has 0 aromatic heterocycles. The summed E-state index contributed by atoms with van der Waals surface area (Å²) in [7, 11) is 3.52. The van der Waals surface area contributed by atoms with Crippen LogP contribution in [0.1, 0.15) is 23.2 Å². The lowest BCUT2D eigenvalue weighted by Gasteiger charge is -2.16. The fourth-order valence-electron chi connectivity index (χ4n) is 1.98. The van der Waals surface area contributed by atoms with E-state index in [-0.39, 0.29) is 11.8 Å². The average Bonchev–Trinajstić information content (AvgIpc) is 2.75. The van der Waals surface area contributed by atoms with E-state index in [1.165, 1.54) is 0 Å². The first-order valence-corrected chi connectivity index (χ1v) is 5.96. The molecule has 0 bridgehead atoms. The third kappa shape index (κ3) is 2.68. The second-order valence-electron chi connectivity index (χ2n) is 4.53. The molecule has 1 saturated heterocycles. The molecule has 2 rings (SSSR count). The van der Waals surface area contributed by atoms with Gasteiger partial charge in [0.2, 0.25) is 5.91 Å². The van der Waals surface area contributed by atoms with Gasteiger partial charge in [-0.2, -0.15) is 0 Å². The minimum Gasteiger partial charge on any atom is -0.312 e. The smallest absolute Gasteiger partial charge is 0.265 e. The summed E-state index contributed by atoms with van der Waals surface area (Å²) in [6, 6.07) is 7.10. The van der Waals surface area contributed by atoms with Crippen LogP contribution in [0.2, 0.25) is 0 Å². The van der Waals surface area contributed by atoms with Gasteiger partial charge < -0.3 is 4.90 Å². The number of carbonyl (C=O) groups is 2. The Hall–Kier alpha value is -1.88. The van der Waals surface area contributed by atoms with Crippen molar-refractivity contribution < 1.29 is 9.59 Å². The van der Waals surface area contributed by atoms with Crippen molar-refractivity contribution in [3.8, 4) is 0 Å². The molecule has 1 aliphatic rings. The molecule has 0 spiro atoms. The van der Waals surface area contributed by atoms with Crippen molar-refractivity contribution in [3.05, 3.63) is 29.8 Å². The Morgan fingerprint density at radius 3 is 2.44 bits per heavy atom. The number of rotatable bonds is 3. The number of amides is 2. The molecule has 1 aromatic carbocycles. The van der Waals surface area contributed by atoms with Crippen LogP contribution in [0.25, 0.3) is 0 Å². The van der Waals surface area contributed by atoms with Crippen LogP contribution in [0, 0.1) is 0 Å². The first-order valence-electron chi connectivity index (χ1n) is 5.96. The minimum atomic E-state index is -0.153. The second-order valence-corrected chi connectivity index (χ2v) is 4.53. The van der Waals surface area contributed by atoms with E-state index in [0.717, 1.165) is 18.7 Å². The number of hydrazine groups is 1. The van der Waals surface area contributed by atoms with E-state index in [0.29, 0.717) is 12.0 Å². The Bertz CT molecular complexity index is 454. The summed E-state index contributed by atoms with van der Waals surface area (Å²) in [6.07, 6.45) is 1.52. The first-order chi connectivity index (χ1) is 8.58. The highest BCUT2D eigenvalue weighted by molar-refractivity contribution is 5.97. The number of nitrogens with one attached hydrogen (secondary N) is 1. The minimum absolute atomic E-state index is 0.153. The van der Waals surface area contributed by atoms with E-state index in [1.54, 1.807) is 36.1 Å². The molecule has 0 radical (unpaired) electrons. The lowest BCUT2D eigenvalue weighted by molar-refractivity contribution is -0.117. The van der Waals surface area contributed by atoms with E-state index in [4.69, 9.17) is 0 Å². The summed E-state index contributed by atoms with van der Waals surface area (Å²) in [5.74, 6) is -0.000193. The fourth-order valence-corrected chi connectivity index (χ4v) is 1.98. The Balaban J connectivity index is 2.10. The summed E-state index contributed by atoms with van der Waals surface area (Å²) >= 11 is 0. The maximum absolute atomic E-state index is 11.7. The van der Waals surface area contributed by atoms with Gasteiger partial charge in [-0.05, 0) is 30.7 Å². The van der Waals surface area contributed by atoms with Crippen LogP contribution in [-0.2, 0) is 4.79 Å². The summed E-state index contributed by atoms with van der Waals surface area (Å²) in [5.41, 5.74) is 4.11. The van der Waals surface area contributed by atoms with E-state index in [2.05, 4.69) is 5.43 Å². The number of nitrogens with zero attached hydrogens (tertiary/aromatic N) is 2. The molecule has 1 N–H and O–H groups in total. The molecular formula is C13H17N3O2. The summed E-state index contributed by atoms with van der Waals surface area (Å²) < 4.78 is 0. The largest absolute Gasteiger partial charge is 0.312 e. The standard InChI is InChI=1S/C13H17N3O2/c1-15(2)14-13(18)10-5-7-11(8-6-10)16-9-3-4-12(16)17/h5-8H,3-4,9H2,1-2H3,(H,14,18). The highest BCUT2D eigenvalue weighted by Crippen LogP contribution is 2.21. The van der Waals surface area contributed by atoms with Crippen molar-refractivity contribution in [3.63, 3.8) is 0 Å². The Labute approximate surface area is 106 Å².